The number of hydrogen-bond donors (Lipinski definition) is 2. The van der Waals surface area contributed by atoms with Gasteiger partial charge in [-0.2, -0.15) is 9.49 Å². The molecule has 0 aliphatic carbocycles. The Balaban J connectivity index is 1.27. The second kappa shape index (κ2) is 8.95. The van der Waals surface area contributed by atoms with Crippen LogP contribution in [0.3, 0.4) is 0 Å². The van der Waals surface area contributed by atoms with Gasteiger partial charge in [-0.25, -0.2) is 18.2 Å². The van der Waals surface area contributed by atoms with Gasteiger partial charge in [-0.15, -0.1) is 11.3 Å². The molecular formula is C27H19F4N7S. The number of nitrogens with one attached hydrogen (secondary N) is 2. The normalized spacial score (nSPS) is 15.6. The summed E-state index contributed by atoms with van der Waals surface area (Å²) in [6, 6.07) is 9.80. The lowest BCUT2D eigenvalue weighted by Gasteiger charge is -2.15. The molecule has 7 nitrogen and oxygen atoms in total. The Morgan fingerprint density at radius 2 is 1.92 bits per heavy atom. The molecule has 0 unspecified atom stereocenters. The van der Waals surface area contributed by atoms with E-state index in [4.69, 9.17) is 4.98 Å². The van der Waals surface area contributed by atoms with Crippen LogP contribution in [-0.2, 0) is 6.54 Å². The molecule has 5 aromatic heterocycles. The highest BCUT2D eigenvalue weighted by molar-refractivity contribution is 7.13. The third-order valence-corrected chi connectivity index (χ3v) is 7.72. The van der Waals surface area contributed by atoms with Gasteiger partial charge in [0.2, 0.25) is 0 Å². The Hall–Kier alpha value is -4.16. The number of aromatic amines is 2. The summed E-state index contributed by atoms with van der Waals surface area (Å²) in [5.41, 5.74) is 4.40. The van der Waals surface area contributed by atoms with Gasteiger partial charge in [-0.3, -0.25) is 20.0 Å². The first-order valence-corrected chi connectivity index (χ1v) is 13.0. The van der Waals surface area contributed by atoms with Crippen LogP contribution < -0.4 is 0 Å². The zero-order chi connectivity index (χ0) is 26.7. The molecular weight excluding hydrogens is 530 g/mol. The fourth-order valence-corrected chi connectivity index (χ4v) is 5.76. The average Bonchev–Trinajstić information content (AvgIpc) is 3.69. The molecule has 12 heteroatoms. The SMILES string of the molecule is Fc1ccc(-c2nccc3[nH]c(-c4[nH]nc5c(F)cc(-c6cncc(CN7CCC(F)(F)C7)c6)cc45)nc23)s1. The minimum absolute atomic E-state index is 0.149. The highest BCUT2D eigenvalue weighted by atomic mass is 32.1. The molecule has 1 fully saturated rings. The summed E-state index contributed by atoms with van der Waals surface area (Å²) < 4.78 is 56.1. The first-order chi connectivity index (χ1) is 18.8. The second-order valence-corrected chi connectivity index (χ2v) is 10.6. The van der Waals surface area contributed by atoms with E-state index in [2.05, 4.69) is 25.1 Å². The number of fused-ring (bicyclic) bond motifs is 2. The zero-order valence-corrected chi connectivity index (χ0v) is 21.0. The van der Waals surface area contributed by atoms with Gasteiger partial charge in [0, 0.05) is 49.1 Å². The van der Waals surface area contributed by atoms with E-state index < -0.39 is 11.7 Å². The van der Waals surface area contributed by atoms with Gasteiger partial charge >= 0.3 is 0 Å². The molecule has 0 saturated carbocycles. The molecule has 0 atom stereocenters. The summed E-state index contributed by atoms with van der Waals surface area (Å²) >= 11 is 0.978. The number of pyridine rings is 2. The van der Waals surface area contributed by atoms with E-state index in [1.807, 2.05) is 6.07 Å². The van der Waals surface area contributed by atoms with Crippen LogP contribution in [0.2, 0.25) is 0 Å². The molecule has 0 bridgehead atoms. The van der Waals surface area contributed by atoms with E-state index in [1.165, 1.54) is 12.1 Å². The van der Waals surface area contributed by atoms with Crippen molar-refractivity contribution in [3.63, 3.8) is 0 Å². The van der Waals surface area contributed by atoms with Crippen molar-refractivity contribution in [2.75, 3.05) is 13.1 Å². The topological polar surface area (TPSA) is 86.4 Å². The van der Waals surface area contributed by atoms with Crippen LogP contribution >= 0.6 is 11.3 Å². The van der Waals surface area contributed by atoms with Crippen molar-refractivity contribution >= 4 is 33.3 Å². The highest BCUT2D eigenvalue weighted by Crippen LogP contribution is 2.35. The summed E-state index contributed by atoms with van der Waals surface area (Å²) in [6.07, 6.45) is 4.71. The molecule has 7 rings (SSSR count). The summed E-state index contributed by atoms with van der Waals surface area (Å²) in [7, 11) is 0. The van der Waals surface area contributed by atoms with Crippen molar-refractivity contribution < 1.29 is 17.6 Å². The van der Waals surface area contributed by atoms with Gasteiger partial charge in [0.05, 0.1) is 16.9 Å². The van der Waals surface area contributed by atoms with Crippen molar-refractivity contribution in [2.45, 2.75) is 18.9 Å². The first-order valence-electron chi connectivity index (χ1n) is 12.2. The summed E-state index contributed by atoms with van der Waals surface area (Å²) in [6.45, 7) is 0.361. The molecule has 0 amide bonds. The molecule has 196 valence electrons. The van der Waals surface area contributed by atoms with Crippen molar-refractivity contribution in [3.8, 4) is 33.2 Å². The van der Waals surface area contributed by atoms with Crippen LogP contribution in [0, 0.1) is 10.9 Å². The van der Waals surface area contributed by atoms with Crippen molar-refractivity contribution in [1.82, 2.24) is 35.0 Å². The highest BCUT2D eigenvalue weighted by Gasteiger charge is 2.37. The first kappa shape index (κ1) is 23.9. The maximum absolute atomic E-state index is 15.2. The number of hydrogen-bond acceptors (Lipinski definition) is 6. The van der Waals surface area contributed by atoms with Crippen LogP contribution in [0.4, 0.5) is 17.6 Å². The van der Waals surface area contributed by atoms with Gasteiger partial charge in [0.15, 0.2) is 16.8 Å². The fourth-order valence-electron chi connectivity index (χ4n) is 5.03. The Bertz CT molecular complexity index is 1860. The fraction of sp³-hybridized carbons (Fsp3) is 0.185. The lowest BCUT2D eigenvalue weighted by atomic mass is 10.0. The largest absolute Gasteiger partial charge is 0.337 e. The zero-order valence-electron chi connectivity index (χ0n) is 20.2. The maximum atomic E-state index is 15.2. The Kier molecular flexibility index (Phi) is 5.49. The standard InChI is InChI=1S/C27H19F4N7S/c28-18-9-15(16-7-14(10-32-11-16)12-38-6-4-27(30,31)13-38)8-17-22(18)36-37-23(17)26-34-19-3-5-33-25(24(19)35-26)20-1-2-21(29)39-20/h1-3,5,7-11H,4,6,12-13H2,(H,34,35)(H,36,37). The molecule has 1 aliphatic heterocycles. The maximum Gasteiger partial charge on any atom is 0.261 e. The lowest BCUT2D eigenvalue weighted by Crippen LogP contribution is -2.24. The van der Waals surface area contributed by atoms with Gasteiger partial charge in [0.25, 0.3) is 5.92 Å². The molecule has 2 N–H and O–H groups in total. The third-order valence-electron chi connectivity index (χ3n) is 6.84. The molecule has 6 heterocycles. The number of imidazole rings is 1. The molecule has 1 aromatic carbocycles. The van der Waals surface area contributed by atoms with Gasteiger partial charge < -0.3 is 4.98 Å². The number of nitrogens with zero attached hydrogens (tertiary/aromatic N) is 5. The van der Waals surface area contributed by atoms with Gasteiger partial charge in [-0.05, 0) is 47.5 Å². The number of H-pyrrole nitrogens is 2. The van der Waals surface area contributed by atoms with E-state index in [1.54, 1.807) is 41.7 Å². The van der Waals surface area contributed by atoms with Crippen LogP contribution in [-0.4, -0.2) is 54.0 Å². The number of rotatable bonds is 5. The van der Waals surface area contributed by atoms with E-state index in [9.17, 15) is 13.2 Å². The summed E-state index contributed by atoms with van der Waals surface area (Å²) in [5.74, 6) is -2.77. The smallest absolute Gasteiger partial charge is 0.261 e. The van der Waals surface area contributed by atoms with E-state index >= 15 is 4.39 Å². The predicted octanol–water partition coefficient (Wildman–Crippen LogP) is 6.41. The third kappa shape index (κ3) is 4.35. The Morgan fingerprint density at radius 1 is 1.03 bits per heavy atom. The quantitative estimate of drug-likeness (QED) is 0.243. The van der Waals surface area contributed by atoms with E-state index in [0.29, 0.717) is 62.7 Å². The molecule has 39 heavy (non-hydrogen) atoms. The Labute approximate surface area is 222 Å². The van der Waals surface area contributed by atoms with Crippen molar-refractivity contribution in [3.05, 3.63) is 71.5 Å². The number of alkyl halides is 2. The molecule has 1 saturated heterocycles. The number of benzene rings is 1. The van der Waals surface area contributed by atoms with Gasteiger partial charge in [-0.1, -0.05) is 0 Å². The van der Waals surface area contributed by atoms with Crippen molar-refractivity contribution in [2.24, 2.45) is 0 Å². The van der Waals surface area contributed by atoms with Crippen molar-refractivity contribution in [1.29, 1.82) is 0 Å². The molecule has 1 aliphatic rings. The summed E-state index contributed by atoms with van der Waals surface area (Å²) in [5, 5.41) is 7.24. The molecule has 0 spiro atoms. The Morgan fingerprint density at radius 3 is 2.72 bits per heavy atom. The van der Waals surface area contributed by atoms with Crippen LogP contribution in [0.5, 0.6) is 0 Å². The average molecular weight is 550 g/mol. The summed E-state index contributed by atoms with van der Waals surface area (Å²) in [4.78, 5) is 18.9. The van der Waals surface area contributed by atoms with E-state index in [-0.39, 0.29) is 23.6 Å². The van der Waals surface area contributed by atoms with E-state index in [0.717, 1.165) is 16.9 Å². The van der Waals surface area contributed by atoms with Gasteiger partial charge in [0.1, 0.15) is 22.4 Å². The van der Waals surface area contributed by atoms with Crippen LogP contribution in [0.15, 0.2) is 55.0 Å². The predicted molar refractivity (Wildman–Crippen MR) is 140 cm³/mol. The second-order valence-electron chi connectivity index (χ2n) is 9.60. The monoisotopic (exact) mass is 549 g/mol. The molecule has 6 aromatic rings. The lowest BCUT2D eigenvalue weighted by molar-refractivity contribution is 0.0115. The molecule has 0 radical (unpaired) electrons. The number of halogens is 4. The number of aromatic nitrogens is 6. The number of likely N-dealkylation sites (tertiary alicyclic amines) is 1. The number of thiophene rings is 1. The minimum atomic E-state index is -2.68. The van der Waals surface area contributed by atoms with Crippen LogP contribution in [0.25, 0.3) is 55.2 Å². The van der Waals surface area contributed by atoms with Crippen LogP contribution in [0.1, 0.15) is 12.0 Å². The minimum Gasteiger partial charge on any atom is -0.337 e.